The first-order valence-electron chi connectivity index (χ1n) is 7.79. The van der Waals surface area contributed by atoms with E-state index in [0.29, 0.717) is 23.7 Å². The molecule has 23 heavy (non-hydrogen) atoms. The topological polar surface area (TPSA) is 76.2 Å². The van der Waals surface area contributed by atoms with Gasteiger partial charge in [0.15, 0.2) is 0 Å². The van der Waals surface area contributed by atoms with E-state index in [-0.39, 0.29) is 22.6 Å². The zero-order valence-electron chi connectivity index (χ0n) is 12.8. The van der Waals surface area contributed by atoms with Gasteiger partial charge in [-0.2, -0.15) is 4.98 Å². The largest absolute Gasteiger partial charge is 0.481 e. The summed E-state index contributed by atoms with van der Waals surface area (Å²) >= 11 is 0. The Bertz CT molecular complexity index is 772. The number of rotatable bonds is 3. The molecule has 2 saturated carbocycles. The van der Waals surface area contributed by atoms with E-state index in [1.54, 1.807) is 12.1 Å². The van der Waals surface area contributed by atoms with E-state index >= 15 is 0 Å². The van der Waals surface area contributed by atoms with Crippen molar-refractivity contribution >= 4 is 5.97 Å². The lowest BCUT2D eigenvalue weighted by atomic mass is 9.49. The Labute approximate surface area is 132 Å². The molecule has 3 unspecified atom stereocenters. The summed E-state index contributed by atoms with van der Waals surface area (Å²) in [5.41, 5.74) is 0.0267. The molecule has 0 radical (unpaired) electrons. The third kappa shape index (κ3) is 1.81. The highest BCUT2D eigenvalue weighted by Crippen LogP contribution is 2.69. The second-order valence-electron chi connectivity index (χ2n) is 6.86. The summed E-state index contributed by atoms with van der Waals surface area (Å²) in [4.78, 5) is 16.0. The number of nitrogens with zero attached hydrogens (tertiary/aromatic N) is 2. The van der Waals surface area contributed by atoms with Crippen molar-refractivity contribution in [2.75, 3.05) is 0 Å². The van der Waals surface area contributed by atoms with E-state index in [4.69, 9.17) is 4.52 Å². The Morgan fingerprint density at radius 2 is 2.04 bits per heavy atom. The number of fused-ring (bicyclic) bond motifs is 1. The molecule has 2 aliphatic carbocycles. The molecule has 3 atom stereocenters. The Balaban J connectivity index is 1.70. The summed E-state index contributed by atoms with van der Waals surface area (Å²) in [6.07, 6.45) is 3.13. The molecule has 1 aromatic carbocycles. The maximum Gasteiger partial charge on any atom is 0.307 e. The van der Waals surface area contributed by atoms with Gasteiger partial charge in [0.25, 0.3) is 0 Å². The van der Waals surface area contributed by atoms with Crippen LogP contribution >= 0.6 is 0 Å². The minimum atomic E-state index is -0.743. The van der Waals surface area contributed by atoms with Crippen LogP contribution in [0.4, 0.5) is 4.39 Å². The smallest absolute Gasteiger partial charge is 0.307 e. The minimum absolute atomic E-state index is 0.317. The van der Waals surface area contributed by atoms with Crippen LogP contribution in [0.15, 0.2) is 28.8 Å². The van der Waals surface area contributed by atoms with Crippen molar-refractivity contribution in [2.24, 2.45) is 11.3 Å². The van der Waals surface area contributed by atoms with Gasteiger partial charge in [-0.1, -0.05) is 12.1 Å². The van der Waals surface area contributed by atoms with Crippen molar-refractivity contribution in [3.05, 3.63) is 36.0 Å². The van der Waals surface area contributed by atoms with Gasteiger partial charge in [-0.25, -0.2) is 4.39 Å². The van der Waals surface area contributed by atoms with Crippen molar-refractivity contribution in [1.82, 2.24) is 10.1 Å². The number of aliphatic carboxylic acids is 1. The quantitative estimate of drug-likeness (QED) is 0.939. The SMILES string of the molecule is CC12CCC1(c1nc(-c3ccc(F)cc3)no1)CCC2C(=O)O. The van der Waals surface area contributed by atoms with Crippen LogP contribution in [0, 0.1) is 17.2 Å². The molecule has 2 fully saturated rings. The standard InChI is InChI=1S/C17H17FN2O3/c1-16-8-9-17(16,7-6-12(16)14(21)22)15-19-13(20-23-15)10-2-4-11(18)5-3-10/h2-5,12H,6-9H2,1H3,(H,21,22). The van der Waals surface area contributed by atoms with Gasteiger partial charge >= 0.3 is 5.97 Å². The number of benzene rings is 1. The number of aromatic nitrogens is 2. The predicted octanol–water partition coefficient (Wildman–Crippen LogP) is 3.41. The van der Waals surface area contributed by atoms with E-state index < -0.39 is 5.97 Å². The number of halogens is 1. The molecule has 0 amide bonds. The fourth-order valence-corrected chi connectivity index (χ4v) is 4.44. The van der Waals surface area contributed by atoms with Gasteiger partial charge in [0, 0.05) is 5.56 Å². The van der Waals surface area contributed by atoms with Crippen molar-refractivity contribution in [3.8, 4) is 11.4 Å². The lowest BCUT2D eigenvalue weighted by Crippen LogP contribution is -2.53. The molecular formula is C17H17FN2O3. The number of carboxylic acids is 1. The van der Waals surface area contributed by atoms with Crippen molar-refractivity contribution in [2.45, 2.75) is 38.0 Å². The van der Waals surface area contributed by atoms with Crippen LogP contribution in [-0.4, -0.2) is 21.2 Å². The molecule has 0 aliphatic heterocycles. The monoisotopic (exact) mass is 316 g/mol. The fraction of sp³-hybridized carbons (Fsp3) is 0.471. The van der Waals surface area contributed by atoms with E-state index in [1.807, 2.05) is 6.92 Å². The minimum Gasteiger partial charge on any atom is -0.481 e. The fourth-order valence-electron chi connectivity index (χ4n) is 4.44. The van der Waals surface area contributed by atoms with Gasteiger partial charge in [0.05, 0.1) is 11.3 Å². The molecular weight excluding hydrogens is 299 g/mol. The van der Waals surface area contributed by atoms with Gasteiger partial charge in [0.1, 0.15) is 5.82 Å². The maximum absolute atomic E-state index is 13.0. The summed E-state index contributed by atoms with van der Waals surface area (Å²) in [7, 11) is 0. The van der Waals surface area contributed by atoms with Gasteiger partial charge in [-0.15, -0.1) is 0 Å². The molecule has 4 rings (SSSR count). The Kier molecular flexibility index (Phi) is 2.89. The van der Waals surface area contributed by atoms with Gasteiger partial charge in [-0.3, -0.25) is 4.79 Å². The molecule has 2 aromatic rings. The van der Waals surface area contributed by atoms with E-state index in [2.05, 4.69) is 10.1 Å². The number of carbonyl (C=O) groups is 1. The van der Waals surface area contributed by atoms with Crippen LogP contribution in [0.1, 0.15) is 38.5 Å². The molecule has 6 heteroatoms. The normalized spacial score (nSPS) is 32.3. The van der Waals surface area contributed by atoms with Crippen molar-refractivity contribution in [1.29, 1.82) is 0 Å². The average Bonchev–Trinajstić information content (AvgIpc) is 3.06. The molecule has 0 spiro atoms. The molecule has 2 aliphatic rings. The van der Waals surface area contributed by atoms with Crippen molar-refractivity contribution < 1.29 is 18.8 Å². The summed E-state index contributed by atoms with van der Waals surface area (Å²) in [6.45, 7) is 2.02. The van der Waals surface area contributed by atoms with Crippen LogP contribution in [-0.2, 0) is 10.2 Å². The van der Waals surface area contributed by atoms with Crippen LogP contribution in [0.25, 0.3) is 11.4 Å². The summed E-state index contributed by atoms with van der Waals surface area (Å²) < 4.78 is 18.5. The number of hydrogen-bond acceptors (Lipinski definition) is 4. The van der Waals surface area contributed by atoms with E-state index in [1.165, 1.54) is 12.1 Å². The zero-order valence-corrected chi connectivity index (χ0v) is 12.8. The Hall–Kier alpha value is -2.24. The summed E-state index contributed by atoms with van der Waals surface area (Å²) in [5.74, 6) is -0.482. The molecule has 0 bridgehead atoms. The Morgan fingerprint density at radius 1 is 1.30 bits per heavy atom. The molecule has 1 aromatic heterocycles. The zero-order chi connectivity index (χ0) is 16.2. The second kappa shape index (κ2) is 4.63. The van der Waals surface area contributed by atoms with Crippen LogP contribution in [0.5, 0.6) is 0 Å². The van der Waals surface area contributed by atoms with E-state index in [0.717, 1.165) is 19.3 Å². The second-order valence-corrected chi connectivity index (χ2v) is 6.86. The van der Waals surface area contributed by atoms with Crippen LogP contribution in [0.2, 0.25) is 0 Å². The molecule has 1 N–H and O–H groups in total. The average molecular weight is 316 g/mol. The molecule has 0 saturated heterocycles. The highest BCUT2D eigenvalue weighted by molar-refractivity contribution is 5.72. The highest BCUT2D eigenvalue weighted by atomic mass is 19.1. The van der Waals surface area contributed by atoms with Gasteiger partial charge in [0.2, 0.25) is 11.7 Å². The molecule has 5 nitrogen and oxygen atoms in total. The van der Waals surface area contributed by atoms with Crippen LogP contribution < -0.4 is 0 Å². The van der Waals surface area contributed by atoms with Gasteiger partial charge < -0.3 is 9.63 Å². The lowest BCUT2D eigenvalue weighted by molar-refractivity contribution is -0.150. The first-order valence-corrected chi connectivity index (χ1v) is 7.79. The predicted molar refractivity (Wildman–Crippen MR) is 79.1 cm³/mol. The third-order valence-corrected chi connectivity index (χ3v) is 6.03. The summed E-state index contributed by atoms with van der Waals surface area (Å²) in [5, 5.41) is 13.5. The first-order chi connectivity index (χ1) is 11.0. The molecule has 1 heterocycles. The van der Waals surface area contributed by atoms with Crippen LogP contribution in [0.3, 0.4) is 0 Å². The number of hydrogen-bond donors (Lipinski definition) is 1. The summed E-state index contributed by atoms with van der Waals surface area (Å²) in [6, 6.07) is 5.92. The number of carboxylic acid groups (broad SMARTS) is 1. The molecule has 120 valence electrons. The highest BCUT2D eigenvalue weighted by Gasteiger charge is 2.68. The third-order valence-electron chi connectivity index (χ3n) is 6.03. The first kappa shape index (κ1) is 14.4. The van der Waals surface area contributed by atoms with Crippen molar-refractivity contribution in [3.63, 3.8) is 0 Å². The van der Waals surface area contributed by atoms with E-state index in [9.17, 15) is 14.3 Å². The maximum atomic E-state index is 13.0. The Morgan fingerprint density at radius 3 is 2.65 bits per heavy atom. The van der Waals surface area contributed by atoms with Gasteiger partial charge in [-0.05, 0) is 55.4 Å². The lowest BCUT2D eigenvalue weighted by Gasteiger charge is -2.53.